The second-order valence-corrected chi connectivity index (χ2v) is 10.7. The van der Waals surface area contributed by atoms with Gasteiger partial charge in [-0.05, 0) is 48.3 Å². The van der Waals surface area contributed by atoms with Crippen molar-refractivity contribution in [2.45, 2.75) is 43.5 Å². The number of rotatable bonds is 4. The van der Waals surface area contributed by atoms with E-state index in [1.807, 2.05) is 4.90 Å². The van der Waals surface area contributed by atoms with Gasteiger partial charge in [-0.2, -0.15) is 9.97 Å². The second-order valence-electron chi connectivity index (χ2n) is 9.55. The molecule has 3 aliphatic heterocycles. The minimum Gasteiger partial charge on any atom is -0.461 e. The average Bonchev–Trinajstić information content (AvgIpc) is 3.21. The summed E-state index contributed by atoms with van der Waals surface area (Å²) in [5.74, 6) is -0.209. The minimum absolute atomic E-state index is 0.0129. The monoisotopic (exact) mass is 546 g/mol. The van der Waals surface area contributed by atoms with Crippen LogP contribution >= 0.6 is 27.5 Å². The third-order valence-electron chi connectivity index (χ3n) is 6.77. The quantitative estimate of drug-likeness (QED) is 0.585. The number of hydrogen-bond acceptors (Lipinski definition) is 7. The Morgan fingerprint density at radius 2 is 2.21 bits per heavy atom. The molecule has 0 aliphatic carbocycles. The number of nitrogens with zero attached hydrogens (tertiary/aromatic N) is 4. The molecule has 33 heavy (non-hydrogen) atoms. The zero-order valence-electron chi connectivity index (χ0n) is 18.3. The molecule has 2 aromatic rings. The molecule has 7 nitrogen and oxygen atoms in total. The zero-order valence-corrected chi connectivity index (χ0v) is 20.6. The molecule has 3 atom stereocenters. The summed E-state index contributed by atoms with van der Waals surface area (Å²) in [6.45, 7) is 4.40. The number of benzene rings is 1. The Kier molecular flexibility index (Phi) is 6.18. The molecule has 180 valence electrons. The van der Waals surface area contributed by atoms with E-state index in [1.165, 1.54) is 0 Å². The Hall–Kier alpha value is -1.33. The van der Waals surface area contributed by atoms with Crippen molar-refractivity contribution in [3.63, 3.8) is 0 Å². The molecule has 3 aliphatic rings. The fourth-order valence-electron chi connectivity index (χ4n) is 5.27. The van der Waals surface area contributed by atoms with Crippen molar-refractivity contribution in [3.8, 4) is 6.01 Å². The van der Waals surface area contributed by atoms with Crippen molar-refractivity contribution in [1.82, 2.24) is 14.9 Å². The molecule has 0 bridgehead atoms. The van der Waals surface area contributed by atoms with Crippen LogP contribution in [0, 0.1) is 5.82 Å². The highest BCUT2D eigenvalue weighted by atomic mass is 79.9. The largest absolute Gasteiger partial charge is 0.461 e. The van der Waals surface area contributed by atoms with Crippen LogP contribution in [0.3, 0.4) is 0 Å². The lowest BCUT2D eigenvalue weighted by atomic mass is 9.95. The van der Waals surface area contributed by atoms with Gasteiger partial charge in [-0.1, -0.05) is 11.6 Å². The van der Waals surface area contributed by atoms with Gasteiger partial charge in [-0.3, -0.25) is 4.90 Å². The van der Waals surface area contributed by atoms with Crippen LogP contribution in [0.5, 0.6) is 6.01 Å². The lowest BCUT2D eigenvalue weighted by Crippen LogP contribution is -2.44. The standard InChI is InChI=1S/C22H26BrClF2N4O3/c1-21(31)10-29(5-6-32-11-21)19-14-7-15(24)16(23)17(26)18(14)27-20(28-19)33-12-22-3-2-4-30(22)9-13(25)8-22/h7,13,31H,2-6,8-12H2,1H3/t13-,21+,22+/m1/s1. The van der Waals surface area contributed by atoms with Crippen LogP contribution < -0.4 is 9.64 Å². The van der Waals surface area contributed by atoms with Gasteiger partial charge >= 0.3 is 6.01 Å². The summed E-state index contributed by atoms with van der Waals surface area (Å²) >= 11 is 9.43. The van der Waals surface area contributed by atoms with E-state index in [1.54, 1.807) is 13.0 Å². The summed E-state index contributed by atoms with van der Waals surface area (Å²) in [6.07, 6.45) is 1.37. The van der Waals surface area contributed by atoms with Crippen LogP contribution in [0.4, 0.5) is 14.6 Å². The third-order valence-corrected chi connectivity index (χ3v) is 8.07. The van der Waals surface area contributed by atoms with E-state index in [0.717, 1.165) is 19.4 Å². The molecule has 0 spiro atoms. The van der Waals surface area contributed by atoms with Crippen LogP contribution in [0.15, 0.2) is 10.5 Å². The molecule has 0 unspecified atom stereocenters. The SMILES string of the molecule is C[C@@]1(O)COCCN(c2nc(OC[C@@]34CCCN3C[C@H](F)C4)nc3c(F)c(Br)c(Cl)cc23)C1. The summed E-state index contributed by atoms with van der Waals surface area (Å²) in [6, 6.07) is 1.62. The summed E-state index contributed by atoms with van der Waals surface area (Å²) in [4.78, 5) is 12.9. The first-order valence-electron chi connectivity index (χ1n) is 11.1. The number of anilines is 1. The minimum atomic E-state index is -1.12. The molecule has 3 fully saturated rings. The number of ether oxygens (including phenoxy) is 2. The van der Waals surface area contributed by atoms with Gasteiger partial charge in [0.2, 0.25) is 0 Å². The predicted molar refractivity (Wildman–Crippen MR) is 124 cm³/mol. The van der Waals surface area contributed by atoms with E-state index in [2.05, 4.69) is 30.8 Å². The fourth-order valence-corrected chi connectivity index (χ4v) is 5.77. The summed E-state index contributed by atoms with van der Waals surface area (Å²) < 4.78 is 41.0. The fraction of sp³-hybridized carbons (Fsp3) is 0.636. The zero-order chi connectivity index (χ0) is 23.4. The van der Waals surface area contributed by atoms with E-state index in [9.17, 15) is 9.50 Å². The molecule has 4 heterocycles. The predicted octanol–water partition coefficient (Wildman–Crippen LogP) is 3.73. The highest BCUT2D eigenvalue weighted by Gasteiger charge is 2.49. The third kappa shape index (κ3) is 4.40. The molecule has 3 saturated heterocycles. The average molecular weight is 548 g/mol. The first-order chi connectivity index (χ1) is 15.7. The summed E-state index contributed by atoms with van der Waals surface area (Å²) in [5, 5.41) is 11.3. The first-order valence-corrected chi connectivity index (χ1v) is 12.3. The molecular weight excluding hydrogens is 522 g/mol. The van der Waals surface area contributed by atoms with Gasteiger partial charge in [-0.15, -0.1) is 0 Å². The molecule has 0 saturated carbocycles. The van der Waals surface area contributed by atoms with Crippen LogP contribution in [0.25, 0.3) is 10.9 Å². The summed E-state index contributed by atoms with van der Waals surface area (Å²) in [5.41, 5.74) is -1.43. The highest BCUT2D eigenvalue weighted by molar-refractivity contribution is 9.10. The second kappa shape index (κ2) is 8.71. The van der Waals surface area contributed by atoms with Crippen LogP contribution in [-0.2, 0) is 4.74 Å². The van der Waals surface area contributed by atoms with Crippen molar-refractivity contribution in [3.05, 3.63) is 21.4 Å². The number of alkyl halides is 1. The Balaban J connectivity index is 1.54. The van der Waals surface area contributed by atoms with Gasteiger partial charge in [0.25, 0.3) is 0 Å². The lowest BCUT2D eigenvalue weighted by molar-refractivity contribution is -0.0123. The van der Waals surface area contributed by atoms with Gasteiger partial charge in [0, 0.05) is 24.9 Å². The number of β-amino-alcohol motifs (C(OH)–C–C–N with tert-alkyl or cyclic N) is 1. The van der Waals surface area contributed by atoms with E-state index in [4.69, 9.17) is 21.1 Å². The van der Waals surface area contributed by atoms with Gasteiger partial charge in [0.1, 0.15) is 29.7 Å². The number of halogens is 4. The maximum absolute atomic E-state index is 15.2. The van der Waals surface area contributed by atoms with Crippen LogP contribution in [0.2, 0.25) is 5.02 Å². The van der Waals surface area contributed by atoms with Crippen molar-refractivity contribution in [2.75, 3.05) is 50.9 Å². The lowest BCUT2D eigenvalue weighted by Gasteiger charge is -2.31. The highest BCUT2D eigenvalue weighted by Crippen LogP contribution is 2.41. The van der Waals surface area contributed by atoms with E-state index in [-0.39, 0.29) is 46.3 Å². The molecule has 0 radical (unpaired) electrons. The van der Waals surface area contributed by atoms with Crippen molar-refractivity contribution >= 4 is 44.3 Å². The van der Waals surface area contributed by atoms with Gasteiger partial charge < -0.3 is 19.5 Å². The molecular formula is C22H26BrClF2N4O3. The van der Waals surface area contributed by atoms with Gasteiger partial charge in [0.15, 0.2) is 5.82 Å². The van der Waals surface area contributed by atoms with Gasteiger partial charge in [0.05, 0.1) is 34.8 Å². The van der Waals surface area contributed by atoms with Crippen LogP contribution in [-0.4, -0.2) is 83.3 Å². The summed E-state index contributed by atoms with van der Waals surface area (Å²) in [7, 11) is 0. The normalized spacial score (nSPS) is 30.6. The van der Waals surface area contributed by atoms with Crippen molar-refractivity contribution in [1.29, 1.82) is 0 Å². The Bertz CT molecular complexity index is 1080. The molecule has 1 aromatic carbocycles. The molecule has 0 amide bonds. The number of fused-ring (bicyclic) bond motifs is 2. The number of aliphatic hydroxyl groups is 1. The number of aromatic nitrogens is 2. The maximum atomic E-state index is 15.2. The molecule has 11 heteroatoms. The van der Waals surface area contributed by atoms with E-state index in [0.29, 0.717) is 37.3 Å². The van der Waals surface area contributed by atoms with Gasteiger partial charge in [-0.25, -0.2) is 8.78 Å². The molecule has 5 rings (SSSR count). The van der Waals surface area contributed by atoms with Crippen molar-refractivity contribution in [2.24, 2.45) is 0 Å². The smallest absolute Gasteiger partial charge is 0.319 e. The Morgan fingerprint density at radius 1 is 1.39 bits per heavy atom. The Morgan fingerprint density at radius 3 is 3.03 bits per heavy atom. The van der Waals surface area contributed by atoms with Crippen LogP contribution in [0.1, 0.15) is 26.2 Å². The number of hydrogen-bond donors (Lipinski definition) is 1. The first kappa shape index (κ1) is 23.4. The topological polar surface area (TPSA) is 71.0 Å². The molecule has 1 aromatic heterocycles. The Labute approximate surface area is 204 Å². The molecule has 1 N–H and O–H groups in total. The van der Waals surface area contributed by atoms with E-state index >= 15 is 4.39 Å². The maximum Gasteiger partial charge on any atom is 0.319 e. The van der Waals surface area contributed by atoms with Crippen molar-refractivity contribution < 1.29 is 23.4 Å². The van der Waals surface area contributed by atoms with E-state index < -0.39 is 17.6 Å².